The van der Waals surface area contributed by atoms with Crippen molar-refractivity contribution < 1.29 is 32.6 Å². The smallest absolute Gasteiger partial charge is 0.407 e. The maximum atomic E-state index is 13.2. The number of β-lactam (4-membered cyclic amide) rings is 1. The minimum Gasteiger partial charge on any atom is -0.480 e. The van der Waals surface area contributed by atoms with Gasteiger partial charge < -0.3 is 25.8 Å². The van der Waals surface area contributed by atoms with Crippen LogP contribution in [0.4, 0.5) is 4.79 Å². The lowest BCUT2D eigenvalue weighted by Gasteiger charge is -2.37. The highest BCUT2D eigenvalue weighted by Gasteiger charge is 2.72. The van der Waals surface area contributed by atoms with E-state index in [1.807, 2.05) is 0 Å². The summed E-state index contributed by atoms with van der Waals surface area (Å²) >= 11 is 0. The highest BCUT2D eigenvalue weighted by Crippen LogP contribution is 2.49. The summed E-state index contributed by atoms with van der Waals surface area (Å²) in [6.07, 6.45) is 1.87. The first-order chi connectivity index (χ1) is 13.6. The number of amides is 2. The molecule has 156 valence electrons. The van der Waals surface area contributed by atoms with Crippen LogP contribution in [0.3, 0.4) is 0 Å². The number of nitrogens with zero attached hydrogens (tertiary/aromatic N) is 2. The quantitative estimate of drug-likeness (QED) is 0.381. The van der Waals surface area contributed by atoms with Gasteiger partial charge in [0.05, 0.1) is 11.3 Å². The predicted octanol–water partition coefficient (Wildman–Crippen LogP) is -1.04. The number of fused-ring (bicyclic) bond motifs is 1. The van der Waals surface area contributed by atoms with E-state index >= 15 is 0 Å². The molecule has 3 atom stereocenters. The number of aliphatic carboxylic acids is 1. The van der Waals surface area contributed by atoms with Crippen LogP contribution in [0.1, 0.15) is 12.6 Å². The molecular weight excluding hydrogens is 404 g/mol. The largest absolute Gasteiger partial charge is 0.480 e. The Kier molecular flexibility index (Phi) is 5.32. The molecule has 0 unspecified atom stereocenters. The van der Waals surface area contributed by atoms with E-state index in [4.69, 9.17) is 10.5 Å². The third-order valence-electron chi connectivity index (χ3n) is 4.93. The van der Waals surface area contributed by atoms with Crippen LogP contribution in [0.25, 0.3) is 6.08 Å². The van der Waals surface area contributed by atoms with Crippen LogP contribution in [0.15, 0.2) is 30.0 Å². The van der Waals surface area contributed by atoms with Crippen molar-refractivity contribution in [2.45, 2.75) is 23.1 Å². The molecule has 11 nitrogen and oxygen atoms in total. The molecule has 0 saturated carbocycles. The molecule has 0 radical (unpaired) electrons. The molecule has 3 rings (SSSR count). The highest BCUT2D eigenvalue weighted by molar-refractivity contribution is 7.94. The minimum absolute atomic E-state index is 0.0775. The fourth-order valence-corrected chi connectivity index (χ4v) is 5.73. The number of ether oxygens (including phenoxy) is 1. The van der Waals surface area contributed by atoms with Crippen LogP contribution in [0, 0.1) is 0 Å². The second kappa shape index (κ2) is 7.44. The Morgan fingerprint density at radius 1 is 1.45 bits per heavy atom. The van der Waals surface area contributed by atoms with Gasteiger partial charge in [-0.25, -0.2) is 18.0 Å². The van der Waals surface area contributed by atoms with Crippen molar-refractivity contribution in [2.24, 2.45) is 5.73 Å². The molecule has 0 aromatic carbocycles. The summed E-state index contributed by atoms with van der Waals surface area (Å²) in [6, 6.07) is 3.21. The molecular formula is C17H20N4O7S. The van der Waals surface area contributed by atoms with Crippen LogP contribution >= 0.6 is 0 Å². The van der Waals surface area contributed by atoms with Crippen molar-refractivity contribution in [2.75, 3.05) is 19.7 Å². The number of carbonyl (C=O) groups is 3. The zero-order chi connectivity index (χ0) is 21.4. The van der Waals surface area contributed by atoms with Gasteiger partial charge in [0.15, 0.2) is 21.3 Å². The number of nitrogens with one attached hydrogen (secondary N) is 1. The van der Waals surface area contributed by atoms with Gasteiger partial charge in [0, 0.05) is 19.3 Å². The lowest BCUT2D eigenvalue weighted by Crippen LogP contribution is -2.59. The zero-order valence-electron chi connectivity index (χ0n) is 15.4. The molecule has 0 aliphatic carbocycles. The molecule has 3 heterocycles. The van der Waals surface area contributed by atoms with Crippen LogP contribution in [0.2, 0.25) is 0 Å². The Morgan fingerprint density at radius 2 is 2.17 bits per heavy atom. The van der Waals surface area contributed by atoms with Gasteiger partial charge in [-0.2, -0.15) is 0 Å². The second-order valence-electron chi connectivity index (χ2n) is 6.81. The van der Waals surface area contributed by atoms with Gasteiger partial charge in [-0.1, -0.05) is 6.07 Å². The van der Waals surface area contributed by atoms with Gasteiger partial charge >= 0.3 is 12.1 Å². The van der Waals surface area contributed by atoms with Gasteiger partial charge in [0.25, 0.3) is 5.91 Å². The van der Waals surface area contributed by atoms with Gasteiger partial charge in [0.1, 0.15) is 11.4 Å². The maximum absolute atomic E-state index is 13.2. The number of pyridine rings is 1. The average Bonchev–Trinajstić information content (AvgIpc) is 2.85. The first-order valence-electron chi connectivity index (χ1n) is 8.67. The summed E-state index contributed by atoms with van der Waals surface area (Å²) < 4.78 is 29.3. The summed E-state index contributed by atoms with van der Waals surface area (Å²) in [6.45, 7) is 0.671. The van der Waals surface area contributed by atoms with E-state index in [-0.39, 0.29) is 18.7 Å². The first kappa shape index (κ1) is 20.7. The number of rotatable bonds is 6. The summed E-state index contributed by atoms with van der Waals surface area (Å²) in [5.74, 6) is -2.22. The number of carboxylic acids is 1. The third kappa shape index (κ3) is 3.23. The van der Waals surface area contributed by atoms with Crippen molar-refractivity contribution in [3.63, 3.8) is 0 Å². The van der Waals surface area contributed by atoms with E-state index < -0.39 is 50.6 Å². The zero-order valence-corrected chi connectivity index (χ0v) is 16.3. The topological polar surface area (TPSA) is 169 Å². The third-order valence-corrected chi connectivity index (χ3v) is 7.64. The normalized spacial score (nSPS) is 28.6. The summed E-state index contributed by atoms with van der Waals surface area (Å²) in [5, 5.41) is 10.5. The predicted molar refractivity (Wildman–Crippen MR) is 100 cm³/mol. The standard InChI is InChI=1S/C17H20N4O7S/c1-17(9-28-16(25)20-7-5-18)12(15(23)24)21-13(22)11(14(21)29(17,26)27)8-10-4-2-3-6-19-10/h2-4,6,8,12,14H,5,7,9,18H2,1H3,(H,20,25)(H,23,24)/b11-8+/t12-,14+,17-/m0/s1. The highest BCUT2D eigenvalue weighted by atomic mass is 32.2. The van der Waals surface area contributed by atoms with E-state index in [9.17, 15) is 27.9 Å². The van der Waals surface area contributed by atoms with Crippen LogP contribution in [-0.2, 0) is 24.2 Å². The summed E-state index contributed by atoms with van der Waals surface area (Å²) in [5.41, 5.74) is 5.55. The number of aromatic nitrogens is 1. The molecule has 4 N–H and O–H groups in total. The Bertz CT molecular complexity index is 979. The number of alkyl carbamates (subject to hydrolysis) is 1. The minimum atomic E-state index is -4.24. The van der Waals surface area contributed by atoms with Crippen LogP contribution in [-0.4, -0.2) is 77.2 Å². The molecule has 29 heavy (non-hydrogen) atoms. The van der Waals surface area contributed by atoms with E-state index in [0.717, 1.165) is 11.8 Å². The van der Waals surface area contributed by atoms with E-state index in [1.165, 1.54) is 12.3 Å². The van der Waals surface area contributed by atoms with Gasteiger partial charge in [-0.05, 0) is 25.1 Å². The van der Waals surface area contributed by atoms with Gasteiger partial charge in [-0.15, -0.1) is 0 Å². The lowest BCUT2D eigenvalue weighted by atomic mass is 9.94. The van der Waals surface area contributed by atoms with Crippen molar-refractivity contribution in [3.05, 3.63) is 35.7 Å². The number of sulfone groups is 1. The first-order valence-corrected chi connectivity index (χ1v) is 10.2. The van der Waals surface area contributed by atoms with Crippen molar-refractivity contribution in [1.82, 2.24) is 15.2 Å². The molecule has 2 amide bonds. The maximum Gasteiger partial charge on any atom is 0.407 e. The molecule has 2 saturated heterocycles. The van der Waals surface area contributed by atoms with Crippen LogP contribution in [0.5, 0.6) is 0 Å². The van der Waals surface area contributed by atoms with E-state index in [0.29, 0.717) is 5.69 Å². The molecule has 0 spiro atoms. The Hall–Kier alpha value is -2.99. The van der Waals surface area contributed by atoms with Gasteiger partial charge in [-0.3, -0.25) is 9.78 Å². The number of nitrogens with two attached hydrogens (primary N) is 1. The van der Waals surface area contributed by atoms with Crippen molar-refractivity contribution in [3.8, 4) is 0 Å². The number of carbonyl (C=O) groups excluding carboxylic acids is 2. The monoisotopic (exact) mass is 424 g/mol. The number of hydrogen-bond acceptors (Lipinski definition) is 8. The fourth-order valence-electron chi connectivity index (χ4n) is 3.45. The average molecular weight is 424 g/mol. The number of hydrogen-bond donors (Lipinski definition) is 3. The molecule has 2 aliphatic heterocycles. The van der Waals surface area contributed by atoms with Crippen LogP contribution < -0.4 is 11.1 Å². The second-order valence-corrected chi connectivity index (χ2v) is 9.28. The molecule has 2 fully saturated rings. The molecule has 0 bridgehead atoms. The molecule has 1 aromatic rings. The van der Waals surface area contributed by atoms with E-state index in [1.54, 1.807) is 18.2 Å². The van der Waals surface area contributed by atoms with Crippen molar-refractivity contribution in [1.29, 1.82) is 0 Å². The molecule has 1 aromatic heterocycles. The fraction of sp³-hybridized carbons (Fsp3) is 0.412. The molecule has 12 heteroatoms. The summed E-state index contributed by atoms with van der Waals surface area (Å²) in [4.78, 5) is 41.0. The number of carboxylic acid groups (broad SMARTS) is 1. The summed E-state index contributed by atoms with van der Waals surface area (Å²) in [7, 11) is -4.24. The Balaban J connectivity index is 1.95. The Labute approximate surface area is 166 Å². The lowest BCUT2D eigenvalue weighted by molar-refractivity contribution is -0.153. The van der Waals surface area contributed by atoms with Gasteiger partial charge in [0.2, 0.25) is 0 Å². The SMILES string of the molecule is C[C@]1(COC(=O)NCCN)[C@H](C(=O)O)N2C(=O)/C(=C\c3ccccn3)[C@H]2S1(=O)=O. The molecule has 2 aliphatic rings. The van der Waals surface area contributed by atoms with E-state index in [2.05, 4.69) is 10.3 Å². The van der Waals surface area contributed by atoms with Crippen molar-refractivity contribution >= 4 is 33.9 Å². The Morgan fingerprint density at radius 3 is 2.76 bits per heavy atom.